The van der Waals surface area contributed by atoms with Crippen LogP contribution in [0.1, 0.15) is 50.7 Å². The van der Waals surface area contributed by atoms with Crippen molar-refractivity contribution < 1.29 is 9.84 Å². The molecule has 21 heavy (non-hydrogen) atoms. The summed E-state index contributed by atoms with van der Waals surface area (Å²) >= 11 is 0. The minimum atomic E-state index is -0.592. The summed E-state index contributed by atoms with van der Waals surface area (Å²) in [6.45, 7) is 2.65. The van der Waals surface area contributed by atoms with Gasteiger partial charge in [-0.05, 0) is 36.8 Å². The molecule has 3 nitrogen and oxygen atoms in total. The maximum Gasteiger partial charge on any atom is 0.109 e. The van der Waals surface area contributed by atoms with Crippen LogP contribution in [-0.2, 0) is 4.74 Å². The lowest BCUT2D eigenvalue weighted by Gasteiger charge is -2.41. The van der Waals surface area contributed by atoms with Gasteiger partial charge in [-0.2, -0.15) is 0 Å². The molecule has 1 heterocycles. The SMILES string of the molecule is CCOC1(C(O)c2cccc3ccncc23)CCCCC1. The van der Waals surface area contributed by atoms with E-state index in [-0.39, 0.29) is 0 Å². The fourth-order valence-corrected chi connectivity index (χ4v) is 3.59. The molecule has 0 amide bonds. The third-order valence-electron chi connectivity index (χ3n) is 4.64. The van der Waals surface area contributed by atoms with E-state index in [4.69, 9.17) is 4.74 Å². The van der Waals surface area contributed by atoms with E-state index in [0.717, 1.165) is 42.0 Å². The van der Waals surface area contributed by atoms with Gasteiger partial charge < -0.3 is 9.84 Å². The Kier molecular flexibility index (Phi) is 4.22. The van der Waals surface area contributed by atoms with Crippen molar-refractivity contribution in [3.05, 3.63) is 42.2 Å². The van der Waals surface area contributed by atoms with E-state index >= 15 is 0 Å². The van der Waals surface area contributed by atoms with E-state index in [1.54, 1.807) is 6.20 Å². The van der Waals surface area contributed by atoms with Crippen molar-refractivity contribution in [3.63, 3.8) is 0 Å². The Hall–Kier alpha value is -1.45. The average Bonchev–Trinajstić information content (AvgIpc) is 2.55. The molecule has 0 saturated heterocycles. The molecular formula is C18H23NO2. The van der Waals surface area contributed by atoms with Crippen LogP contribution in [0, 0.1) is 0 Å². The number of aromatic nitrogens is 1. The molecule has 1 aromatic carbocycles. The number of nitrogens with zero attached hydrogens (tertiary/aromatic N) is 1. The first-order valence-corrected chi connectivity index (χ1v) is 7.91. The van der Waals surface area contributed by atoms with Gasteiger partial charge in [0, 0.05) is 24.4 Å². The van der Waals surface area contributed by atoms with Crippen molar-refractivity contribution >= 4 is 10.8 Å². The Balaban J connectivity index is 2.03. The quantitative estimate of drug-likeness (QED) is 0.923. The molecule has 3 heteroatoms. The molecule has 112 valence electrons. The highest BCUT2D eigenvalue weighted by molar-refractivity contribution is 5.85. The highest BCUT2D eigenvalue weighted by atomic mass is 16.5. The molecule has 0 bridgehead atoms. The van der Waals surface area contributed by atoms with Gasteiger partial charge in [-0.1, -0.05) is 37.5 Å². The number of aliphatic hydroxyl groups excluding tert-OH is 1. The van der Waals surface area contributed by atoms with E-state index in [1.807, 2.05) is 31.3 Å². The van der Waals surface area contributed by atoms with E-state index in [2.05, 4.69) is 11.1 Å². The number of hydrogen-bond donors (Lipinski definition) is 1. The maximum atomic E-state index is 11.1. The Morgan fingerprint density at radius 3 is 2.81 bits per heavy atom. The summed E-state index contributed by atoms with van der Waals surface area (Å²) in [4.78, 5) is 4.22. The molecule has 1 unspecified atom stereocenters. The molecule has 0 spiro atoms. The fourth-order valence-electron chi connectivity index (χ4n) is 3.59. The summed E-state index contributed by atoms with van der Waals surface area (Å²) < 4.78 is 6.07. The lowest BCUT2D eigenvalue weighted by Crippen LogP contribution is -2.41. The second-order valence-electron chi connectivity index (χ2n) is 5.91. The van der Waals surface area contributed by atoms with Crippen molar-refractivity contribution in [1.29, 1.82) is 0 Å². The average molecular weight is 285 g/mol. The van der Waals surface area contributed by atoms with E-state index in [0.29, 0.717) is 6.61 Å². The van der Waals surface area contributed by atoms with Crippen molar-refractivity contribution in [2.45, 2.75) is 50.7 Å². The maximum absolute atomic E-state index is 11.1. The minimum absolute atomic E-state index is 0.433. The zero-order valence-electron chi connectivity index (χ0n) is 12.6. The summed E-state index contributed by atoms with van der Waals surface area (Å²) in [5, 5.41) is 13.2. The smallest absolute Gasteiger partial charge is 0.109 e. The monoisotopic (exact) mass is 285 g/mol. The molecule has 1 aromatic heterocycles. The van der Waals surface area contributed by atoms with Crippen molar-refractivity contribution in [3.8, 4) is 0 Å². The lowest BCUT2D eigenvalue weighted by atomic mass is 9.77. The number of ether oxygens (including phenoxy) is 1. The van der Waals surface area contributed by atoms with E-state index in [9.17, 15) is 5.11 Å². The van der Waals surface area contributed by atoms with E-state index < -0.39 is 11.7 Å². The normalized spacial score (nSPS) is 19.5. The van der Waals surface area contributed by atoms with Crippen LogP contribution in [0.2, 0.25) is 0 Å². The molecule has 1 saturated carbocycles. The van der Waals surface area contributed by atoms with Gasteiger partial charge in [0.25, 0.3) is 0 Å². The number of hydrogen-bond acceptors (Lipinski definition) is 3. The third-order valence-corrected chi connectivity index (χ3v) is 4.64. The Morgan fingerprint density at radius 1 is 1.24 bits per heavy atom. The largest absolute Gasteiger partial charge is 0.385 e. The molecule has 0 radical (unpaired) electrons. The number of benzene rings is 1. The standard InChI is InChI=1S/C18H23NO2/c1-2-21-18(10-4-3-5-11-18)17(20)15-8-6-7-14-9-12-19-13-16(14)15/h6-9,12-13,17,20H,2-5,10-11H2,1H3. The molecule has 0 aliphatic heterocycles. The van der Waals surface area contributed by atoms with Crippen LogP contribution in [0.25, 0.3) is 10.8 Å². The Bertz CT molecular complexity index is 594. The molecule has 3 rings (SSSR count). The van der Waals surface area contributed by atoms with Crippen LogP contribution in [0.15, 0.2) is 36.7 Å². The predicted molar refractivity (Wildman–Crippen MR) is 84.1 cm³/mol. The first-order chi connectivity index (χ1) is 10.3. The summed E-state index contributed by atoms with van der Waals surface area (Å²) in [5.74, 6) is 0. The van der Waals surface area contributed by atoms with Crippen LogP contribution in [-0.4, -0.2) is 22.3 Å². The van der Waals surface area contributed by atoms with Gasteiger partial charge >= 0.3 is 0 Å². The summed E-state index contributed by atoms with van der Waals surface area (Å²) in [6, 6.07) is 8.05. The fraction of sp³-hybridized carbons (Fsp3) is 0.500. The van der Waals surface area contributed by atoms with Crippen LogP contribution in [0.3, 0.4) is 0 Å². The van der Waals surface area contributed by atoms with Crippen molar-refractivity contribution in [2.75, 3.05) is 6.61 Å². The molecule has 1 atom stereocenters. The molecule has 1 aliphatic rings. The molecule has 1 aliphatic carbocycles. The van der Waals surface area contributed by atoms with Crippen molar-refractivity contribution in [2.24, 2.45) is 0 Å². The number of pyridine rings is 1. The first kappa shape index (κ1) is 14.5. The van der Waals surface area contributed by atoms with Gasteiger partial charge in [-0.15, -0.1) is 0 Å². The Labute approximate surface area is 126 Å². The van der Waals surface area contributed by atoms with Gasteiger partial charge in [-0.25, -0.2) is 0 Å². The second kappa shape index (κ2) is 6.12. The zero-order chi connectivity index (χ0) is 14.7. The summed E-state index contributed by atoms with van der Waals surface area (Å²) in [7, 11) is 0. The zero-order valence-corrected chi connectivity index (χ0v) is 12.6. The molecule has 2 aromatic rings. The highest BCUT2D eigenvalue weighted by Crippen LogP contribution is 2.43. The Morgan fingerprint density at radius 2 is 2.05 bits per heavy atom. The van der Waals surface area contributed by atoms with Crippen molar-refractivity contribution in [1.82, 2.24) is 4.98 Å². The second-order valence-corrected chi connectivity index (χ2v) is 5.91. The van der Waals surface area contributed by atoms with Gasteiger partial charge in [0.2, 0.25) is 0 Å². The lowest BCUT2D eigenvalue weighted by molar-refractivity contribution is -0.141. The van der Waals surface area contributed by atoms with E-state index in [1.165, 1.54) is 6.42 Å². The predicted octanol–water partition coefficient (Wildman–Crippen LogP) is 4.01. The molecule has 1 N–H and O–H groups in total. The highest BCUT2D eigenvalue weighted by Gasteiger charge is 2.41. The minimum Gasteiger partial charge on any atom is -0.385 e. The summed E-state index contributed by atoms with van der Waals surface area (Å²) in [5.41, 5.74) is 0.507. The third kappa shape index (κ3) is 2.68. The van der Waals surface area contributed by atoms with Gasteiger partial charge in [0.15, 0.2) is 0 Å². The van der Waals surface area contributed by atoms with Crippen LogP contribution in [0.5, 0.6) is 0 Å². The van der Waals surface area contributed by atoms with Crippen LogP contribution >= 0.6 is 0 Å². The molecular weight excluding hydrogens is 262 g/mol. The molecule has 1 fully saturated rings. The first-order valence-electron chi connectivity index (χ1n) is 7.91. The summed E-state index contributed by atoms with van der Waals surface area (Å²) in [6.07, 6.45) is 8.38. The topological polar surface area (TPSA) is 42.4 Å². The van der Waals surface area contributed by atoms with Gasteiger partial charge in [0.1, 0.15) is 6.10 Å². The van der Waals surface area contributed by atoms with Crippen LogP contribution < -0.4 is 0 Å². The van der Waals surface area contributed by atoms with Crippen LogP contribution in [0.4, 0.5) is 0 Å². The number of fused-ring (bicyclic) bond motifs is 1. The number of rotatable bonds is 4. The number of aliphatic hydroxyl groups is 1. The van der Waals surface area contributed by atoms with Gasteiger partial charge in [0.05, 0.1) is 5.60 Å². The van der Waals surface area contributed by atoms with Gasteiger partial charge in [-0.3, -0.25) is 4.98 Å².